The van der Waals surface area contributed by atoms with E-state index in [0.29, 0.717) is 27.2 Å². The van der Waals surface area contributed by atoms with Crippen LogP contribution in [-0.4, -0.2) is 94.5 Å². The molecule has 5 rings (SSSR count). The number of rotatable bonds is 14. The molecule has 0 radical (unpaired) electrons. The second-order valence-electron chi connectivity index (χ2n) is 34.2. The van der Waals surface area contributed by atoms with Crippen molar-refractivity contribution in [3.8, 4) is 0 Å². The Kier molecular flexibility index (Phi) is 86.9. The maximum absolute atomic E-state index is 10.7. The Morgan fingerprint density at radius 2 is 0.561 bits per heavy atom. The van der Waals surface area contributed by atoms with Crippen LogP contribution in [0.4, 0.5) is 11.4 Å². The Morgan fingerprint density at radius 1 is 0.336 bits per heavy atom. The van der Waals surface area contributed by atoms with Crippen molar-refractivity contribution in [1.82, 2.24) is 0 Å². The molecule has 0 amide bonds. The first-order valence-corrected chi connectivity index (χ1v) is 42.8. The van der Waals surface area contributed by atoms with Gasteiger partial charge < -0.3 is 68.4 Å². The summed E-state index contributed by atoms with van der Waals surface area (Å²) in [5, 5.41) is 35.5. The van der Waals surface area contributed by atoms with Gasteiger partial charge in [0.1, 0.15) is 0 Å². The van der Waals surface area contributed by atoms with Gasteiger partial charge in [-0.3, -0.25) is 0 Å². The second-order valence-corrected chi connectivity index (χ2v) is 50.2. The van der Waals surface area contributed by atoms with Crippen molar-refractivity contribution in [2.24, 2.45) is 10.8 Å². The minimum Gasteiger partial charge on any atom is -0.808 e. The van der Waals surface area contributed by atoms with Gasteiger partial charge in [0.25, 0.3) is 0 Å². The van der Waals surface area contributed by atoms with Gasteiger partial charge in [-0.15, -0.1) is 5.71 Å². The Bertz CT molecular complexity index is 2700. The normalized spacial score (nSPS) is 10.7. The van der Waals surface area contributed by atoms with Crippen LogP contribution in [0, 0.1) is 40.5 Å². The molecule has 0 unspecified atom stereocenters. The molecule has 0 saturated heterocycles. The molecule has 5 nitrogen and oxygen atoms in total. The third-order valence-corrected chi connectivity index (χ3v) is 32.3. The second kappa shape index (κ2) is 66.0. The summed E-state index contributed by atoms with van der Waals surface area (Å²) in [7, 11) is 4.90. The first-order valence-electron chi connectivity index (χ1n) is 35.8. The number of hydrogen-bond donors (Lipinski definition) is 0. The predicted octanol–water partition coefficient (Wildman–Crippen LogP) is 30.0. The summed E-state index contributed by atoms with van der Waals surface area (Å²) in [6, 6.07) is 48.3. The molecule has 636 valence electrons. The van der Waals surface area contributed by atoms with Crippen LogP contribution < -0.4 is 20.4 Å². The molecule has 0 N–H and O–H groups in total. The van der Waals surface area contributed by atoms with E-state index >= 15 is 0 Å². The largest absolute Gasteiger partial charge is 2.00 e. The van der Waals surface area contributed by atoms with Gasteiger partial charge in [-0.25, -0.2) is 0 Å². The Labute approximate surface area is 725 Å². The quantitative estimate of drug-likeness (QED) is 0.0366. The summed E-state index contributed by atoms with van der Waals surface area (Å²) in [4.78, 5) is 4.28. The fourth-order valence-corrected chi connectivity index (χ4v) is 26.6. The topological polar surface area (TPSA) is 73.4 Å². The van der Waals surface area contributed by atoms with Crippen molar-refractivity contribution in [2.45, 2.75) is 313 Å². The maximum atomic E-state index is 10.7. The van der Waals surface area contributed by atoms with Gasteiger partial charge in [-0.1, -0.05) is 259 Å². The molecule has 0 spiro atoms. The van der Waals surface area contributed by atoms with Crippen molar-refractivity contribution in [3.05, 3.63) is 202 Å². The fourth-order valence-electron chi connectivity index (χ4n) is 11.0. The average Bonchev–Trinajstić information content (AvgIpc) is 0.767. The smallest absolute Gasteiger partial charge is 0.808 e. The molecule has 0 aromatic heterocycles. The van der Waals surface area contributed by atoms with Crippen LogP contribution in [0.25, 0.3) is 16.2 Å². The SMILES string of the molecule is C.C.C.C.CC(C)(C)C(=[N-])C[PH+](C(C)(C)C)C(C)(C)C.CC(C)(C)C(=[N-])[PH+](c1ccccc1)c1ccccc1.CC(C)(C)[PH+](CC(=[N-])c1ccccc1)C(C)(C)C.CCC.CCC.CCC.CCC.CN(C)c1ccc(C([S-])(C[PH+](C(C)(C)C)C(C)(C)C)c2ccc(N(C)C)cc2)cc1.[CH3-].[CH3-].[CH3-].[CH3-].[Ni+2].[Ni+2].[Ni+2].[Ni+2]. The van der Waals surface area contributed by atoms with E-state index < -0.39 is 36.4 Å². The molecule has 0 heterocycles. The van der Waals surface area contributed by atoms with Crippen LogP contribution in [0.2, 0.25) is 0 Å². The van der Waals surface area contributed by atoms with Crippen molar-refractivity contribution in [1.29, 1.82) is 0 Å². The molecule has 5 aromatic rings. The summed E-state index contributed by atoms with van der Waals surface area (Å²) >= 11 is 6.57. The van der Waals surface area contributed by atoms with Crippen LogP contribution in [0.3, 0.4) is 0 Å². The fraction of sp³-hybridized carbons (Fsp3) is 0.602. The van der Waals surface area contributed by atoms with Crippen molar-refractivity contribution in [3.63, 3.8) is 0 Å². The van der Waals surface area contributed by atoms with Gasteiger partial charge in [0.05, 0.1) is 61.8 Å². The number of benzene rings is 5. The third kappa shape index (κ3) is 56.6. The van der Waals surface area contributed by atoms with Gasteiger partial charge in [0, 0.05) is 69.5 Å². The maximum Gasteiger partial charge on any atom is 2.00 e. The van der Waals surface area contributed by atoms with Crippen LogP contribution >= 0.6 is 31.7 Å². The van der Waals surface area contributed by atoms with Gasteiger partial charge in [-0.2, -0.15) is 5.71 Å². The van der Waals surface area contributed by atoms with E-state index in [1.807, 2.05) is 66.7 Å². The van der Waals surface area contributed by atoms with Crippen LogP contribution in [-0.2, 0) is 83.3 Å². The predicted molar refractivity (Wildman–Crippen MR) is 514 cm³/mol. The standard InChI is InChI=1S/C26H41N2PS.C17H19NP.C16H25NP.C14H29NP.4C3H8.4CH4.4CH3.4Ni/c1-24(2,3)29(25(4,5)6)19-26(30,20-11-15-22(16-12-20)27(7)8)21-13-17-23(18-14-21)28(9)10;1-17(2,3)16(18)19(14-10-6-4-7-11-14)15-12-8-5-9-13-15;1-15(2,3)18(16(4,5)6)12-14(17)13-10-8-7-9-11-13;1-12(2,3)11(15)10-16(13(4,5)6)14(7,8)9;4*1-3-2;;;;;;;;;;;;/h11-18,30H,19H2,1-10H3;4-13H,1-3H3;7-11H,12H2,1-6H3;10H2,1-9H3;4*3H2,1-2H3;4*1H4;4*1H3;;;;/q;3*-1;;;;;;;;;4*-1;4*+2/p+3. The molecule has 0 bridgehead atoms. The monoisotopic (exact) mass is 1750 g/mol. The zero-order valence-electron chi connectivity index (χ0n) is 73.6. The summed E-state index contributed by atoms with van der Waals surface area (Å²) in [5.41, 5.74) is 7.40. The first kappa shape index (κ1) is 141. The van der Waals surface area contributed by atoms with Crippen LogP contribution in [0.5, 0.6) is 0 Å². The Balaban J connectivity index is -0.0000000760. The van der Waals surface area contributed by atoms with Crippen molar-refractivity contribution in [2.75, 3.05) is 56.5 Å². The molecular weight excluding hydrogens is 1580 g/mol. The van der Waals surface area contributed by atoms with Gasteiger partial charge in [0.15, 0.2) is 0 Å². The molecule has 107 heavy (non-hydrogen) atoms. The van der Waals surface area contributed by atoms with Crippen molar-refractivity contribution >= 4 is 83.2 Å². The molecular formula is C93H177N5Ni4P4S+4. The van der Waals surface area contributed by atoms with E-state index in [0.717, 1.165) is 24.0 Å². The van der Waals surface area contributed by atoms with Gasteiger partial charge >= 0.3 is 66.0 Å². The molecule has 5 aromatic carbocycles. The zero-order chi connectivity index (χ0) is 75.0. The zero-order valence-corrected chi connectivity index (χ0v) is 82.4. The Morgan fingerprint density at radius 3 is 0.766 bits per heavy atom. The van der Waals surface area contributed by atoms with E-state index in [1.54, 1.807) is 0 Å². The van der Waals surface area contributed by atoms with Gasteiger partial charge in [0.2, 0.25) is 0 Å². The van der Waals surface area contributed by atoms with E-state index in [2.05, 4.69) is 332 Å². The average molecular weight is 1760 g/mol. The summed E-state index contributed by atoms with van der Waals surface area (Å²) < 4.78 is -0.426. The van der Waals surface area contributed by atoms with Crippen molar-refractivity contribution < 1.29 is 66.0 Å². The Hall–Kier alpha value is -1.25. The van der Waals surface area contributed by atoms with E-state index in [-0.39, 0.29) is 157 Å². The van der Waals surface area contributed by atoms with Crippen LogP contribution in [0.1, 0.15) is 294 Å². The van der Waals surface area contributed by atoms with Crippen LogP contribution in [0.15, 0.2) is 140 Å². The number of anilines is 2. The number of hydrogen-bond acceptors (Lipinski definition) is 3. The van der Waals surface area contributed by atoms with E-state index in [9.17, 15) is 16.2 Å². The summed E-state index contributed by atoms with van der Waals surface area (Å²) in [6.07, 6.45) is 7.77. The molecule has 0 atom stereocenters. The minimum absolute atomic E-state index is 0. The molecule has 14 heteroatoms. The molecule has 0 aliphatic carbocycles. The third-order valence-electron chi connectivity index (χ3n) is 15.3. The molecule has 0 fully saturated rings. The molecule has 0 aliphatic heterocycles. The molecule has 0 saturated carbocycles. The molecule has 0 aliphatic rings. The van der Waals surface area contributed by atoms with Gasteiger partial charge in [-0.05, 0) is 195 Å². The number of nitrogens with zero attached hydrogens (tertiary/aromatic N) is 5. The van der Waals surface area contributed by atoms with E-state index in [1.165, 1.54) is 58.8 Å². The summed E-state index contributed by atoms with van der Waals surface area (Å²) in [5.74, 6) is 0. The first-order chi connectivity index (χ1) is 43.2. The minimum atomic E-state index is -1.26. The van der Waals surface area contributed by atoms with E-state index in [4.69, 9.17) is 12.6 Å². The summed E-state index contributed by atoms with van der Waals surface area (Å²) in [6.45, 7) is 71.5.